The minimum absolute atomic E-state index is 0.271. The lowest BCUT2D eigenvalue weighted by Gasteiger charge is -2.28. The predicted octanol–water partition coefficient (Wildman–Crippen LogP) is 4.06. The number of nitrogens with zero attached hydrogens (tertiary/aromatic N) is 4. The van der Waals surface area contributed by atoms with Crippen molar-refractivity contribution in [3.63, 3.8) is 0 Å². The molecule has 10 heteroatoms. The molecule has 2 amide bonds. The van der Waals surface area contributed by atoms with Gasteiger partial charge in [0.2, 0.25) is 0 Å². The molecule has 1 fully saturated rings. The van der Waals surface area contributed by atoms with Crippen molar-refractivity contribution in [2.45, 2.75) is 32.7 Å². The van der Waals surface area contributed by atoms with E-state index in [4.69, 9.17) is 0 Å². The molecular weight excluding hydrogens is 502 g/mol. The molecule has 2 aromatic heterocycles. The van der Waals surface area contributed by atoms with E-state index in [1.807, 2.05) is 30.5 Å². The van der Waals surface area contributed by atoms with Gasteiger partial charge < -0.3 is 15.5 Å². The largest absolute Gasteiger partial charge is 0.354 e. The average Bonchev–Trinajstić information content (AvgIpc) is 3.27. The molecule has 0 atom stereocenters. The number of rotatable bonds is 6. The summed E-state index contributed by atoms with van der Waals surface area (Å²) in [5, 5.41) is 11.6. The summed E-state index contributed by atoms with van der Waals surface area (Å²) in [6, 6.07) is 9.86. The standard InChI is InChI=1S/C23H28BrN7OS/c1-15-27-18(12-20(28-15)31-10-8-25-9-11-31)13-26-21(32)30-22-29-19(14-33-22)23(2,3)16-4-6-17(24)7-5-16/h4-7,12,14,25H,8-11,13H2,1-3H3,(H2,26,29,30,32). The van der Waals surface area contributed by atoms with Crippen LogP contribution in [0.4, 0.5) is 15.7 Å². The van der Waals surface area contributed by atoms with Gasteiger partial charge in [0, 0.05) is 47.5 Å². The normalized spacial score (nSPS) is 14.2. The van der Waals surface area contributed by atoms with Crippen LogP contribution in [0.3, 0.4) is 0 Å². The molecule has 0 bridgehead atoms. The number of hydrogen-bond acceptors (Lipinski definition) is 7. The number of piperazine rings is 1. The fraction of sp³-hybridized carbons (Fsp3) is 0.391. The molecule has 4 rings (SSSR count). The molecule has 3 N–H and O–H groups in total. The average molecular weight is 530 g/mol. The van der Waals surface area contributed by atoms with Crippen LogP contribution in [-0.4, -0.2) is 47.2 Å². The molecule has 1 saturated heterocycles. The van der Waals surface area contributed by atoms with Gasteiger partial charge in [0.1, 0.15) is 11.6 Å². The summed E-state index contributed by atoms with van der Waals surface area (Å²) in [6.07, 6.45) is 0. The fourth-order valence-electron chi connectivity index (χ4n) is 3.70. The number of amides is 2. The van der Waals surface area contributed by atoms with E-state index < -0.39 is 0 Å². The van der Waals surface area contributed by atoms with E-state index in [0.29, 0.717) is 17.5 Å². The van der Waals surface area contributed by atoms with Crippen LogP contribution in [0.25, 0.3) is 0 Å². The summed E-state index contributed by atoms with van der Waals surface area (Å²) in [4.78, 5) is 28.4. The lowest BCUT2D eigenvalue weighted by molar-refractivity contribution is 0.251. The monoisotopic (exact) mass is 529 g/mol. The number of thiazole rings is 1. The van der Waals surface area contributed by atoms with E-state index >= 15 is 0 Å². The molecule has 3 aromatic rings. The Labute approximate surface area is 206 Å². The van der Waals surface area contributed by atoms with Crippen molar-refractivity contribution in [3.05, 3.63) is 63.0 Å². The minimum atomic E-state index is -0.308. The zero-order valence-electron chi connectivity index (χ0n) is 19.0. The summed E-state index contributed by atoms with van der Waals surface area (Å²) in [7, 11) is 0. The Balaban J connectivity index is 1.37. The van der Waals surface area contributed by atoms with Gasteiger partial charge >= 0.3 is 6.03 Å². The van der Waals surface area contributed by atoms with E-state index in [1.54, 1.807) is 0 Å². The Morgan fingerprint density at radius 3 is 2.64 bits per heavy atom. The maximum Gasteiger partial charge on any atom is 0.321 e. The fourth-order valence-corrected chi connectivity index (χ4v) is 4.84. The highest BCUT2D eigenvalue weighted by Gasteiger charge is 2.26. The Hall–Kier alpha value is -2.56. The van der Waals surface area contributed by atoms with Crippen LogP contribution in [-0.2, 0) is 12.0 Å². The van der Waals surface area contributed by atoms with Crippen LogP contribution in [0.2, 0.25) is 0 Å². The van der Waals surface area contributed by atoms with Crippen molar-refractivity contribution in [2.75, 3.05) is 36.4 Å². The van der Waals surface area contributed by atoms with Gasteiger partial charge in [0.25, 0.3) is 0 Å². The number of nitrogens with one attached hydrogen (secondary N) is 3. The summed E-state index contributed by atoms with van der Waals surface area (Å²) < 4.78 is 1.04. The van der Waals surface area contributed by atoms with E-state index in [-0.39, 0.29) is 11.4 Å². The zero-order valence-corrected chi connectivity index (χ0v) is 21.4. The summed E-state index contributed by atoms with van der Waals surface area (Å²) in [5.74, 6) is 1.60. The maximum atomic E-state index is 12.5. The number of hydrogen-bond donors (Lipinski definition) is 3. The molecule has 174 valence electrons. The molecule has 0 aliphatic carbocycles. The van der Waals surface area contributed by atoms with Crippen molar-refractivity contribution in [1.29, 1.82) is 0 Å². The van der Waals surface area contributed by atoms with Crippen molar-refractivity contribution in [2.24, 2.45) is 0 Å². The molecular formula is C23H28BrN7OS. The second-order valence-corrected chi connectivity index (χ2v) is 10.3. The number of anilines is 2. The smallest absolute Gasteiger partial charge is 0.321 e. The van der Waals surface area contributed by atoms with Gasteiger partial charge in [-0.15, -0.1) is 11.3 Å². The number of aryl methyl sites for hydroxylation is 1. The Morgan fingerprint density at radius 2 is 1.91 bits per heavy atom. The van der Waals surface area contributed by atoms with Gasteiger partial charge in [0.05, 0.1) is 17.9 Å². The van der Waals surface area contributed by atoms with Gasteiger partial charge in [-0.1, -0.05) is 41.9 Å². The highest BCUT2D eigenvalue weighted by atomic mass is 79.9. The Bertz CT molecular complexity index is 1110. The first kappa shape index (κ1) is 23.6. The van der Waals surface area contributed by atoms with E-state index in [1.165, 1.54) is 11.3 Å². The first-order valence-corrected chi connectivity index (χ1v) is 12.6. The van der Waals surface area contributed by atoms with Crippen molar-refractivity contribution < 1.29 is 4.79 Å². The first-order valence-electron chi connectivity index (χ1n) is 10.9. The van der Waals surface area contributed by atoms with Crippen LogP contribution in [0, 0.1) is 6.92 Å². The molecule has 1 aliphatic heterocycles. The molecule has 33 heavy (non-hydrogen) atoms. The van der Waals surface area contributed by atoms with Crippen LogP contribution in [0.5, 0.6) is 0 Å². The second-order valence-electron chi connectivity index (χ2n) is 8.48. The molecule has 0 spiro atoms. The van der Waals surface area contributed by atoms with Crippen LogP contribution < -0.4 is 20.9 Å². The number of urea groups is 1. The first-order chi connectivity index (χ1) is 15.8. The van der Waals surface area contributed by atoms with E-state index in [0.717, 1.165) is 53.4 Å². The van der Waals surface area contributed by atoms with E-state index in [9.17, 15) is 4.79 Å². The number of carbonyl (C=O) groups is 1. The third kappa shape index (κ3) is 5.87. The number of carbonyl (C=O) groups excluding carboxylic acids is 1. The predicted molar refractivity (Wildman–Crippen MR) is 136 cm³/mol. The van der Waals surface area contributed by atoms with Crippen molar-refractivity contribution >= 4 is 44.2 Å². The van der Waals surface area contributed by atoms with E-state index in [2.05, 4.69) is 77.7 Å². The third-order valence-corrected chi connectivity index (χ3v) is 6.97. The highest BCUT2D eigenvalue weighted by Crippen LogP contribution is 2.34. The van der Waals surface area contributed by atoms with Gasteiger partial charge in [-0.05, 0) is 24.6 Å². The molecule has 0 radical (unpaired) electrons. The third-order valence-electron chi connectivity index (χ3n) is 5.68. The lowest BCUT2D eigenvalue weighted by atomic mass is 9.82. The number of aromatic nitrogens is 3. The molecule has 3 heterocycles. The molecule has 1 aliphatic rings. The Kier molecular flexibility index (Phi) is 7.26. The molecule has 0 unspecified atom stereocenters. The topological polar surface area (TPSA) is 95.1 Å². The van der Waals surface area contributed by atoms with Gasteiger partial charge in [-0.3, -0.25) is 5.32 Å². The summed E-state index contributed by atoms with van der Waals surface area (Å²) >= 11 is 4.90. The van der Waals surface area contributed by atoms with Crippen molar-refractivity contribution in [3.8, 4) is 0 Å². The molecule has 8 nitrogen and oxygen atoms in total. The Morgan fingerprint density at radius 1 is 1.18 bits per heavy atom. The highest BCUT2D eigenvalue weighted by molar-refractivity contribution is 9.10. The van der Waals surface area contributed by atoms with Crippen molar-refractivity contribution in [1.82, 2.24) is 25.6 Å². The zero-order chi connectivity index (χ0) is 23.4. The summed E-state index contributed by atoms with van der Waals surface area (Å²) in [6.45, 7) is 10.1. The number of benzene rings is 1. The lowest BCUT2D eigenvalue weighted by Crippen LogP contribution is -2.44. The summed E-state index contributed by atoms with van der Waals surface area (Å²) in [5.41, 5.74) is 2.58. The van der Waals surface area contributed by atoms with Gasteiger partial charge in [0.15, 0.2) is 5.13 Å². The molecule has 1 aromatic carbocycles. The maximum absolute atomic E-state index is 12.5. The second kappa shape index (κ2) is 10.1. The van der Waals surface area contributed by atoms with Gasteiger partial charge in [-0.2, -0.15) is 0 Å². The quantitative estimate of drug-likeness (QED) is 0.445. The number of halogens is 1. The van der Waals surface area contributed by atoms with Crippen LogP contribution >= 0.6 is 27.3 Å². The molecule has 0 saturated carbocycles. The van der Waals surface area contributed by atoms with Crippen LogP contribution in [0.15, 0.2) is 40.2 Å². The SMILES string of the molecule is Cc1nc(CNC(=O)Nc2nc(C(C)(C)c3ccc(Br)cc3)cs2)cc(N2CCNCC2)n1. The minimum Gasteiger partial charge on any atom is -0.354 e. The van der Waals surface area contributed by atoms with Gasteiger partial charge in [-0.25, -0.2) is 19.7 Å². The van der Waals surface area contributed by atoms with Crippen LogP contribution in [0.1, 0.15) is 36.6 Å².